The molecule has 0 amide bonds. The lowest BCUT2D eigenvalue weighted by atomic mass is 9.78. The molecule has 0 saturated heterocycles. The fourth-order valence-corrected chi connectivity index (χ4v) is 3.22. The molecular weight excluding hydrogens is 365 g/mol. The molecule has 0 spiro atoms. The van der Waals surface area contributed by atoms with E-state index in [2.05, 4.69) is 26.0 Å². The van der Waals surface area contributed by atoms with Crippen LogP contribution in [-0.4, -0.2) is 12.5 Å². The van der Waals surface area contributed by atoms with Gasteiger partial charge in [0.05, 0.1) is 16.7 Å². The van der Waals surface area contributed by atoms with Gasteiger partial charge in [0.1, 0.15) is 0 Å². The summed E-state index contributed by atoms with van der Waals surface area (Å²) in [5.41, 5.74) is 8.73. The van der Waals surface area contributed by atoms with Crippen LogP contribution in [0.2, 0.25) is 10.0 Å². The Morgan fingerprint density at radius 3 is 2.08 bits per heavy atom. The molecule has 2 N–H and O–H groups in total. The van der Waals surface area contributed by atoms with Gasteiger partial charge in [0, 0.05) is 17.8 Å². The van der Waals surface area contributed by atoms with Gasteiger partial charge in [-0.2, -0.15) is 0 Å². The van der Waals surface area contributed by atoms with Gasteiger partial charge in [0.15, 0.2) is 5.75 Å². The van der Waals surface area contributed by atoms with Crippen LogP contribution in [-0.2, 0) is 12.0 Å². The van der Waals surface area contributed by atoms with Gasteiger partial charge in [-0.25, -0.2) is 0 Å². The van der Waals surface area contributed by atoms with E-state index in [0.29, 0.717) is 34.8 Å². The third kappa shape index (κ3) is 4.37. The summed E-state index contributed by atoms with van der Waals surface area (Å²) in [4.78, 5) is 0. The second kappa shape index (κ2) is 8.44. The van der Waals surface area contributed by atoms with Crippen molar-refractivity contribution in [3.8, 4) is 5.75 Å². The second-order valence-electron chi connectivity index (χ2n) is 6.19. The first-order chi connectivity index (χ1) is 11.4. The molecule has 0 heterocycles. The Morgan fingerprint density at radius 2 is 1.58 bits per heavy atom. The van der Waals surface area contributed by atoms with E-state index in [9.17, 15) is 0 Å². The van der Waals surface area contributed by atoms with E-state index in [-0.39, 0.29) is 5.41 Å². The molecule has 2 rings (SSSR count). The predicted molar refractivity (Wildman–Crippen MR) is 104 cm³/mol. The van der Waals surface area contributed by atoms with Gasteiger partial charge < -0.3 is 10.5 Å². The van der Waals surface area contributed by atoms with Gasteiger partial charge >= 0.3 is 0 Å². The van der Waals surface area contributed by atoms with Gasteiger partial charge in [-0.05, 0) is 35.2 Å². The van der Waals surface area contributed by atoms with Crippen molar-refractivity contribution in [1.82, 2.24) is 0 Å². The first-order valence-corrected chi connectivity index (χ1v) is 9.17. The van der Waals surface area contributed by atoms with Crippen LogP contribution in [0.1, 0.15) is 37.0 Å². The van der Waals surface area contributed by atoms with E-state index in [4.69, 9.17) is 45.3 Å². The van der Waals surface area contributed by atoms with E-state index in [0.717, 1.165) is 17.5 Å². The molecule has 0 aromatic heterocycles. The SMILES string of the molecule is CC(C)(c1ccc(CN)cc1)c1cc(Cl)c(OCCCCl)c(Cl)c1. The largest absolute Gasteiger partial charge is 0.490 e. The molecule has 0 atom stereocenters. The van der Waals surface area contributed by atoms with Crippen LogP contribution in [0.3, 0.4) is 0 Å². The predicted octanol–water partition coefficient (Wildman–Crippen LogP) is 5.79. The van der Waals surface area contributed by atoms with Crippen LogP contribution in [0, 0.1) is 0 Å². The molecule has 24 heavy (non-hydrogen) atoms. The molecule has 0 unspecified atom stereocenters. The molecule has 2 aromatic rings. The van der Waals surface area contributed by atoms with Crippen LogP contribution in [0.25, 0.3) is 0 Å². The number of halogens is 3. The minimum atomic E-state index is -0.241. The van der Waals surface area contributed by atoms with Gasteiger partial charge in [-0.1, -0.05) is 61.3 Å². The average Bonchev–Trinajstić information content (AvgIpc) is 2.57. The normalized spacial score (nSPS) is 11.6. The lowest BCUT2D eigenvalue weighted by molar-refractivity contribution is 0.318. The maximum Gasteiger partial charge on any atom is 0.156 e. The number of hydrogen-bond acceptors (Lipinski definition) is 2. The molecule has 0 aliphatic rings. The highest BCUT2D eigenvalue weighted by molar-refractivity contribution is 6.37. The van der Waals surface area contributed by atoms with E-state index in [1.165, 1.54) is 5.56 Å². The zero-order chi connectivity index (χ0) is 17.7. The zero-order valence-corrected chi connectivity index (χ0v) is 16.2. The molecular formula is C19H22Cl3NO. The Labute approximate surface area is 158 Å². The molecule has 5 heteroatoms. The Morgan fingerprint density at radius 1 is 1.00 bits per heavy atom. The minimum Gasteiger partial charge on any atom is -0.490 e. The van der Waals surface area contributed by atoms with Crippen molar-refractivity contribution in [3.63, 3.8) is 0 Å². The lowest BCUT2D eigenvalue weighted by Gasteiger charge is -2.27. The molecule has 0 bridgehead atoms. The number of benzene rings is 2. The Hall–Kier alpha value is -0.930. The Bertz CT molecular complexity index is 661. The summed E-state index contributed by atoms with van der Waals surface area (Å²) in [7, 11) is 0. The first-order valence-electron chi connectivity index (χ1n) is 7.88. The Kier molecular flexibility index (Phi) is 6.82. The number of hydrogen-bond donors (Lipinski definition) is 1. The van der Waals surface area contributed by atoms with Gasteiger partial charge in [0.2, 0.25) is 0 Å². The average molecular weight is 387 g/mol. The highest BCUT2D eigenvalue weighted by Crippen LogP contribution is 2.40. The van der Waals surface area contributed by atoms with Gasteiger partial charge in [0.25, 0.3) is 0 Å². The minimum absolute atomic E-state index is 0.241. The number of rotatable bonds is 7. The van der Waals surface area contributed by atoms with E-state index < -0.39 is 0 Å². The fraction of sp³-hybridized carbons (Fsp3) is 0.368. The first kappa shape index (κ1) is 19.4. The van der Waals surface area contributed by atoms with Gasteiger partial charge in [-0.15, -0.1) is 11.6 Å². The molecule has 0 aliphatic carbocycles. The van der Waals surface area contributed by atoms with Crippen LogP contribution in [0.5, 0.6) is 5.75 Å². The topological polar surface area (TPSA) is 35.2 Å². The van der Waals surface area contributed by atoms with Crippen molar-refractivity contribution < 1.29 is 4.74 Å². The van der Waals surface area contributed by atoms with Crippen molar-refractivity contribution >= 4 is 34.8 Å². The monoisotopic (exact) mass is 385 g/mol. The smallest absolute Gasteiger partial charge is 0.156 e. The maximum absolute atomic E-state index is 6.40. The summed E-state index contributed by atoms with van der Waals surface area (Å²) in [6, 6.07) is 12.1. The Balaban J connectivity index is 2.32. The van der Waals surface area contributed by atoms with Crippen molar-refractivity contribution in [3.05, 3.63) is 63.1 Å². The number of nitrogens with two attached hydrogens (primary N) is 1. The molecule has 0 radical (unpaired) electrons. The van der Waals surface area contributed by atoms with Crippen LogP contribution >= 0.6 is 34.8 Å². The third-order valence-electron chi connectivity index (χ3n) is 4.16. The molecule has 0 aliphatic heterocycles. The summed E-state index contributed by atoms with van der Waals surface area (Å²) in [6.07, 6.45) is 0.745. The van der Waals surface area contributed by atoms with Crippen LogP contribution in [0.15, 0.2) is 36.4 Å². The maximum atomic E-state index is 6.40. The zero-order valence-electron chi connectivity index (χ0n) is 13.9. The number of alkyl halides is 1. The molecule has 130 valence electrons. The highest BCUT2D eigenvalue weighted by atomic mass is 35.5. The molecule has 0 saturated carbocycles. The summed E-state index contributed by atoms with van der Waals surface area (Å²) >= 11 is 18.5. The third-order valence-corrected chi connectivity index (χ3v) is 4.98. The number of ether oxygens (including phenoxy) is 1. The standard InChI is InChI=1S/C19H22Cl3NO/c1-19(2,14-6-4-13(12-23)5-7-14)15-10-16(21)18(17(22)11-15)24-9-3-8-20/h4-7,10-11H,3,8-9,12,23H2,1-2H3. The van der Waals surface area contributed by atoms with Crippen molar-refractivity contribution in [2.75, 3.05) is 12.5 Å². The summed E-state index contributed by atoms with van der Waals surface area (Å²) < 4.78 is 5.65. The molecule has 0 fully saturated rings. The van der Waals surface area contributed by atoms with E-state index in [1.54, 1.807) is 0 Å². The van der Waals surface area contributed by atoms with Crippen molar-refractivity contribution in [2.24, 2.45) is 5.73 Å². The van der Waals surface area contributed by atoms with Crippen LogP contribution in [0.4, 0.5) is 0 Å². The molecule has 2 aromatic carbocycles. The summed E-state index contributed by atoms with van der Waals surface area (Å²) in [6.45, 7) is 5.31. The quantitative estimate of drug-likeness (QED) is 0.483. The fourth-order valence-electron chi connectivity index (χ4n) is 2.51. The highest BCUT2D eigenvalue weighted by Gasteiger charge is 2.25. The van der Waals surface area contributed by atoms with Crippen molar-refractivity contribution in [2.45, 2.75) is 32.2 Å². The van der Waals surface area contributed by atoms with E-state index in [1.807, 2.05) is 24.3 Å². The lowest BCUT2D eigenvalue weighted by Crippen LogP contribution is -2.19. The summed E-state index contributed by atoms with van der Waals surface area (Å²) in [5.74, 6) is 1.06. The molecule has 2 nitrogen and oxygen atoms in total. The van der Waals surface area contributed by atoms with Gasteiger partial charge in [-0.3, -0.25) is 0 Å². The second-order valence-corrected chi connectivity index (χ2v) is 7.38. The van der Waals surface area contributed by atoms with E-state index >= 15 is 0 Å². The van der Waals surface area contributed by atoms with Crippen molar-refractivity contribution in [1.29, 1.82) is 0 Å². The van der Waals surface area contributed by atoms with Crippen LogP contribution < -0.4 is 10.5 Å². The summed E-state index contributed by atoms with van der Waals surface area (Å²) in [5, 5.41) is 1.03.